The van der Waals surface area contributed by atoms with Crippen LogP contribution >= 0.6 is 0 Å². The number of cyclic esters (lactones) is 1. The third kappa shape index (κ3) is 1.99. The number of nitrogens with one attached hydrogen (secondary N) is 1. The van der Waals surface area contributed by atoms with E-state index in [0.717, 1.165) is 12.8 Å². The number of ether oxygens (including phenoxy) is 1. The summed E-state index contributed by atoms with van der Waals surface area (Å²) in [6, 6.07) is 0. The van der Waals surface area contributed by atoms with Crippen LogP contribution in [-0.2, 0) is 9.53 Å². The molecule has 1 aliphatic heterocycles. The first-order valence-corrected chi connectivity index (χ1v) is 4.49. The highest BCUT2D eigenvalue weighted by Crippen LogP contribution is 2.31. The van der Waals surface area contributed by atoms with Crippen molar-refractivity contribution in [1.29, 1.82) is 0 Å². The van der Waals surface area contributed by atoms with Gasteiger partial charge in [-0.3, -0.25) is 10.1 Å². The lowest BCUT2D eigenvalue weighted by atomic mass is 9.82. The Kier molecular flexibility index (Phi) is 2.59. The molecule has 1 aliphatic rings. The van der Waals surface area contributed by atoms with Gasteiger partial charge in [-0.1, -0.05) is 27.2 Å². The monoisotopic (exact) mass is 185 g/mol. The van der Waals surface area contributed by atoms with Gasteiger partial charge in [0, 0.05) is 5.41 Å². The van der Waals surface area contributed by atoms with E-state index in [0.29, 0.717) is 0 Å². The topological polar surface area (TPSA) is 55.4 Å². The predicted octanol–water partition coefficient (Wildman–Crippen LogP) is 1.45. The number of rotatable bonds is 3. The normalized spacial score (nSPS) is 22.8. The lowest BCUT2D eigenvalue weighted by Gasteiger charge is -2.27. The minimum atomic E-state index is -0.626. The van der Waals surface area contributed by atoms with Crippen molar-refractivity contribution in [1.82, 2.24) is 5.32 Å². The third-order valence-electron chi connectivity index (χ3n) is 2.29. The molecule has 4 nitrogen and oxygen atoms in total. The predicted molar refractivity (Wildman–Crippen MR) is 47.1 cm³/mol. The van der Waals surface area contributed by atoms with Crippen molar-refractivity contribution in [3.63, 3.8) is 0 Å². The molecule has 4 heteroatoms. The molecule has 1 N–H and O–H groups in total. The molecule has 0 aliphatic carbocycles. The highest BCUT2D eigenvalue weighted by molar-refractivity contribution is 6.00. The molecule has 2 amide bonds. The number of hydrogen-bond acceptors (Lipinski definition) is 3. The smallest absolute Gasteiger partial charge is 0.414 e. The van der Waals surface area contributed by atoms with Gasteiger partial charge in [0.05, 0.1) is 0 Å². The summed E-state index contributed by atoms with van der Waals surface area (Å²) in [7, 11) is 0. The summed E-state index contributed by atoms with van der Waals surface area (Å²) in [5.41, 5.74) is -0.273. The first-order valence-electron chi connectivity index (χ1n) is 4.49. The standard InChI is InChI=1S/C9H15NO3/c1-4-5-9(2,3)6-7(11)10-8(12)13-6/h6H,4-5H2,1-3H3,(H,10,11,12). The van der Waals surface area contributed by atoms with Crippen LogP contribution in [0.1, 0.15) is 33.6 Å². The molecule has 0 aromatic rings. The van der Waals surface area contributed by atoms with Gasteiger partial charge in [-0.2, -0.15) is 0 Å². The Balaban J connectivity index is 2.71. The van der Waals surface area contributed by atoms with Crippen LogP contribution in [0.4, 0.5) is 4.79 Å². The fourth-order valence-corrected chi connectivity index (χ4v) is 1.65. The maximum Gasteiger partial charge on any atom is 0.414 e. The Morgan fingerprint density at radius 3 is 2.46 bits per heavy atom. The number of imide groups is 1. The fourth-order valence-electron chi connectivity index (χ4n) is 1.65. The molecule has 1 fully saturated rings. The molecule has 0 aromatic carbocycles. The number of carbonyl (C=O) groups is 2. The van der Waals surface area contributed by atoms with Crippen LogP contribution in [0.15, 0.2) is 0 Å². The van der Waals surface area contributed by atoms with Gasteiger partial charge < -0.3 is 4.74 Å². The highest BCUT2D eigenvalue weighted by Gasteiger charge is 2.43. The van der Waals surface area contributed by atoms with E-state index in [2.05, 4.69) is 5.32 Å². The molecule has 1 heterocycles. The van der Waals surface area contributed by atoms with Crippen LogP contribution in [0.2, 0.25) is 0 Å². The molecular formula is C9H15NO3. The number of alkyl carbamates (subject to hydrolysis) is 1. The van der Waals surface area contributed by atoms with E-state index in [-0.39, 0.29) is 11.3 Å². The SMILES string of the molecule is CCCC(C)(C)C1OC(=O)NC1=O. The van der Waals surface area contributed by atoms with Crippen molar-refractivity contribution in [2.45, 2.75) is 39.7 Å². The lowest BCUT2D eigenvalue weighted by molar-refractivity contribution is -0.128. The summed E-state index contributed by atoms with van der Waals surface area (Å²) >= 11 is 0. The Hall–Kier alpha value is -1.06. The summed E-state index contributed by atoms with van der Waals surface area (Å²) < 4.78 is 4.89. The summed E-state index contributed by atoms with van der Waals surface area (Å²) in [5, 5.41) is 2.13. The van der Waals surface area contributed by atoms with Crippen LogP contribution in [-0.4, -0.2) is 18.1 Å². The van der Waals surface area contributed by atoms with Crippen molar-refractivity contribution >= 4 is 12.0 Å². The second kappa shape index (κ2) is 3.36. The quantitative estimate of drug-likeness (QED) is 0.724. The van der Waals surface area contributed by atoms with Gasteiger partial charge >= 0.3 is 6.09 Å². The highest BCUT2D eigenvalue weighted by atomic mass is 16.6. The molecule has 1 unspecified atom stereocenters. The molecule has 1 saturated heterocycles. The van der Waals surface area contributed by atoms with Crippen molar-refractivity contribution in [3.8, 4) is 0 Å². The van der Waals surface area contributed by atoms with Crippen LogP contribution in [0.5, 0.6) is 0 Å². The van der Waals surface area contributed by atoms with Gasteiger partial charge in [-0.05, 0) is 6.42 Å². The van der Waals surface area contributed by atoms with E-state index >= 15 is 0 Å². The van der Waals surface area contributed by atoms with Crippen LogP contribution in [0.3, 0.4) is 0 Å². The fraction of sp³-hybridized carbons (Fsp3) is 0.778. The molecule has 1 rings (SSSR count). The van der Waals surface area contributed by atoms with Gasteiger partial charge in [0.1, 0.15) is 0 Å². The zero-order valence-corrected chi connectivity index (χ0v) is 8.22. The maximum absolute atomic E-state index is 11.2. The Labute approximate surface area is 77.6 Å². The van der Waals surface area contributed by atoms with Gasteiger partial charge in [-0.15, -0.1) is 0 Å². The average molecular weight is 185 g/mol. The van der Waals surface area contributed by atoms with E-state index in [1.54, 1.807) is 0 Å². The second-order valence-electron chi connectivity index (χ2n) is 4.01. The number of amides is 2. The lowest BCUT2D eigenvalue weighted by Crippen LogP contribution is -2.36. The Morgan fingerprint density at radius 2 is 2.08 bits per heavy atom. The van der Waals surface area contributed by atoms with Crippen LogP contribution < -0.4 is 5.32 Å². The van der Waals surface area contributed by atoms with Crippen molar-refractivity contribution in [3.05, 3.63) is 0 Å². The Bertz CT molecular complexity index is 235. The summed E-state index contributed by atoms with van der Waals surface area (Å²) in [6.45, 7) is 5.90. The van der Waals surface area contributed by atoms with Crippen molar-refractivity contribution in [2.75, 3.05) is 0 Å². The summed E-state index contributed by atoms with van der Waals surface area (Å²) in [4.78, 5) is 22.0. The molecule has 74 valence electrons. The molecular weight excluding hydrogens is 170 g/mol. The van der Waals surface area contributed by atoms with E-state index in [1.807, 2.05) is 20.8 Å². The summed E-state index contributed by atoms with van der Waals surface area (Å²) in [5.74, 6) is -0.316. The zero-order chi connectivity index (χ0) is 10.1. The number of carbonyl (C=O) groups excluding carboxylic acids is 2. The maximum atomic E-state index is 11.2. The molecule has 0 aromatic heterocycles. The zero-order valence-electron chi connectivity index (χ0n) is 8.22. The average Bonchev–Trinajstić information content (AvgIpc) is 2.30. The molecule has 0 radical (unpaired) electrons. The minimum Gasteiger partial charge on any atom is -0.435 e. The van der Waals surface area contributed by atoms with Gasteiger partial charge in [-0.25, -0.2) is 4.79 Å². The largest absolute Gasteiger partial charge is 0.435 e. The molecule has 0 spiro atoms. The van der Waals surface area contributed by atoms with Gasteiger partial charge in [0.25, 0.3) is 5.91 Å². The Morgan fingerprint density at radius 1 is 1.46 bits per heavy atom. The first-order chi connectivity index (χ1) is 5.97. The van der Waals surface area contributed by atoms with Gasteiger partial charge in [0.2, 0.25) is 0 Å². The minimum absolute atomic E-state index is 0.273. The summed E-state index contributed by atoms with van der Waals surface area (Å²) in [6.07, 6.45) is 0.575. The molecule has 1 atom stereocenters. The molecule has 13 heavy (non-hydrogen) atoms. The van der Waals surface area contributed by atoms with Crippen molar-refractivity contribution < 1.29 is 14.3 Å². The van der Waals surface area contributed by atoms with E-state index < -0.39 is 12.2 Å². The van der Waals surface area contributed by atoms with E-state index in [1.165, 1.54) is 0 Å². The van der Waals surface area contributed by atoms with Crippen molar-refractivity contribution in [2.24, 2.45) is 5.41 Å². The molecule has 0 bridgehead atoms. The molecule has 0 saturated carbocycles. The number of hydrogen-bond donors (Lipinski definition) is 1. The third-order valence-corrected chi connectivity index (χ3v) is 2.29. The second-order valence-corrected chi connectivity index (χ2v) is 4.01. The van der Waals surface area contributed by atoms with Crippen LogP contribution in [0, 0.1) is 5.41 Å². The van der Waals surface area contributed by atoms with E-state index in [4.69, 9.17) is 4.74 Å². The van der Waals surface area contributed by atoms with Gasteiger partial charge in [0.15, 0.2) is 6.10 Å². The van der Waals surface area contributed by atoms with Crippen LogP contribution in [0.25, 0.3) is 0 Å². The first kappa shape index (κ1) is 10.0. The van der Waals surface area contributed by atoms with E-state index in [9.17, 15) is 9.59 Å².